The van der Waals surface area contributed by atoms with E-state index >= 15 is 0 Å². The van der Waals surface area contributed by atoms with Gasteiger partial charge in [0, 0.05) is 18.1 Å². The summed E-state index contributed by atoms with van der Waals surface area (Å²) in [5, 5.41) is 3.24. The van der Waals surface area contributed by atoms with Crippen LogP contribution in [0, 0.1) is 0 Å². The van der Waals surface area contributed by atoms with Crippen LogP contribution < -0.4 is 5.32 Å². The lowest BCUT2D eigenvalue weighted by molar-refractivity contribution is 0.0936. The van der Waals surface area contributed by atoms with Crippen molar-refractivity contribution in [3.63, 3.8) is 0 Å². The second kappa shape index (κ2) is 6.10. The summed E-state index contributed by atoms with van der Waals surface area (Å²) in [7, 11) is 1.58. The maximum atomic E-state index is 11.6. The second-order valence-electron chi connectivity index (χ2n) is 2.85. The van der Waals surface area contributed by atoms with Gasteiger partial charge in [0.15, 0.2) is 0 Å². The topological polar surface area (TPSA) is 38.3 Å². The SMILES string of the molecule is COCCNC(=O)c1cccc(Cl)c1Br. The molecule has 1 rings (SSSR count). The van der Waals surface area contributed by atoms with Crippen molar-refractivity contribution in [3.8, 4) is 0 Å². The number of halogens is 2. The lowest BCUT2D eigenvalue weighted by Gasteiger charge is -2.06. The molecule has 1 aromatic carbocycles. The van der Waals surface area contributed by atoms with E-state index in [1.807, 2.05) is 0 Å². The molecule has 0 aliphatic carbocycles. The van der Waals surface area contributed by atoms with Gasteiger partial charge in [0.05, 0.1) is 17.2 Å². The van der Waals surface area contributed by atoms with Crippen molar-refractivity contribution < 1.29 is 9.53 Å². The lowest BCUT2D eigenvalue weighted by Crippen LogP contribution is -2.27. The Balaban J connectivity index is 2.69. The molecule has 0 unspecified atom stereocenters. The monoisotopic (exact) mass is 291 g/mol. The summed E-state index contributed by atoms with van der Waals surface area (Å²) in [6, 6.07) is 5.16. The van der Waals surface area contributed by atoms with Gasteiger partial charge < -0.3 is 10.1 Å². The van der Waals surface area contributed by atoms with Crippen LogP contribution in [0.5, 0.6) is 0 Å². The molecule has 15 heavy (non-hydrogen) atoms. The third-order valence-corrected chi connectivity index (χ3v) is 3.19. The van der Waals surface area contributed by atoms with Crippen LogP contribution >= 0.6 is 27.5 Å². The maximum Gasteiger partial charge on any atom is 0.252 e. The van der Waals surface area contributed by atoms with E-state index in [0.29, 0.717) is 28.2 Å². The predicted octanol–water partition coefficient (Wildman–Crippen LogP) is 2.48. The first-order valence-electron chi connectivity index (χ1n) is 4.38. The minimum atomic E-state index is -0.165. The molecule has 0 fully saturated rings. The number of hydrogen-bond donors (Lipinski definition) is 1. The van der Waals surface area contributed by atoms with Crippen LogP contribution in [-0.4, -0.2) is 26.2 Å². The molecule has 0 radical (unpaired) electrons. The molecule has 0 spiro atoms. The normalized spacial score (nSPS) is 10.1. The molecule has 5 heteroatoms. The van der Waals surface area contributed by atoms with Crippen LogP contribution in [-0.2, 0) is 4.74 Å². The van der Waals surface area contributed by atoms with Crippen LogP contribution in [0.2, 0.25) is 5.02 Å². The largest absolute Gasteiger partial charge is 0.383 e. The van der Waals surface area contributed by atoms with E-state index in [-0.39, 0.29) is 5.91 Å². The number of ether oxygens (including phenoxy) is 1. The molecule has 1 aromatic rings. The summed E-state index contributed by atoms with van der Waals surface area (Å²) < 4.78 is 5.44. The Hall–Kier alpha value is -0.580. The fourth-order valence-corrected chi connectivity index (χ4v) is 1.66. The number of nitrogens with one attached hydrogen (secondary N) is 1. The quantitative estimate of drug-likeness (QED) is 0.866. The molecule has 0 bridgehead atoms. The van der Waals surface area contributed by atoms with Crippen molar-refractivity contribution in [2.75, 3.05) is 20.3 Å². The van der Waals surface area contributed by atoms with E-state index in [9.17, 15) is 4.79 Å². The average Bonchev–Trinajstić information content (AvgIpc) is 2.22. The van der Waals surface area contributed by atoms with E-state index in [1.165, 1.54) is 0 Å². The molecule has 0 saturated heterocycles. The number of rotatable bonds is 4. The Kier molecular flexibility index (Phi) is 5.08. The van der Waals surface area contributed by atoms with E-state index < -0.39 is 0 Å². The highest BCUT2D eigenvalue weighted by atomic mass is 79.9. The Bertz CT molecular complexity index is 357. The van der Waals surface area contributed by atoms with Crippen LogP contribution in [0.25, 0.3) is 0 Å². The molecule has 0 aliphatic rings. The Morgan fingerprint density at radius 3 is 3.00 bits per heavy atom. The van der Waals surface area contributed by atoms with Crippen LogP contribution in [0.1, 0.15) is 10.4 Å². The van der Waals surface area contributed by atoms with E-state index in [2.05, 4.69) is 21.2 Å². The van der Waals surface area contributed by atoms with E-state index in [4.69, 9.17) is 16.3 Å². The molecule has 82 valence electrons. The highest BCUT2D eigenvalue weighted by Crippen LogP contribution is 2.25. The number of hydrogen-bond acceptors (Lipinski definition) is 2. The Labute approximate surface area is 102 Å². The Morgan fingerprint density at radius 1 is 1.60 bits per heavy atom. The zero-order valence-electron chi connectivity index (χ0n) is 8.22. The van der Waals surface area contributed by atoms with Gasteiger partial charge >= 0.3 is 0 Å². The molecule has 1 amide bonds. The van der Waals surface area contributed by atoms with Gasteiger partial charge in [-0.3, -0.25) is 4.79 Å². The van der Waals surface area contributed by atoms with Gasteiger partial charge in [0.1, 0.15) is 0 Å². The summed E-state index contributed by atoms with van der Waals surface area (Å²) in [5.41, 5.74) is 0.526. The van der Waals surface area contributed by atoms with E-state index in [0.717, 1.165) is 0 Å². The first kappa shape index (κ1) is 12.5. The molecule has 0 aromatic heterocycles. The second-order valence-corrected chi connectivity index (χ2v) is 4.05. The molecule has 0 atom stereocenters. The van der Waals surface area contributed by atoms with Gasteiger partial charge in [0.2, 0.25) is 0 Å². The smallest absolute Gasteiger partial charge is 0.252 e. The fourth-order valence-electron chi connectivity index (χ4n) is 1.04. The molecular formula is C10H11BrClNO2. The average molecular weight is 293 g/mol. The molecule has 1 N–H and O–H groups in total. The molecule has 3 nitrogen and oxygen atoms in total. The first-order chi connectivity index (χ1) is 7.16. The summed E-state index contributed by atoms with van der Waals surface area (Å²) >= 11 is 9.13. The van der Waals surface area contributed by atoms with Crippen LogP contribution in [0.4, 0.5) is 0 Å². The summed E-state index contributed by atoms with van der Waals surface area (Å²) in [5.74, 6) is -0.165. The van der Waals surface area contributed by atoms with Crippen LogP contribution in [0.3, 0.4) is 0 Å². The molecule has 0 aliphatic heterocycles. The van der Waals surface area contributed by atoms with Crippen molar-refractivity contribution in [1.29, 1.82) is 0 Å². The predicted molar refractivity (Wildman–Crippen MR) is 63.4 cm³/mol. The minimum absolute atomic E-state index is 0.165. The van der Waals surface area contributed by atoms with Gasteiger partial charge in [-0.05, 0) is 28.1 Å². The Morgan fingerprint density at radius 2 is 2.33 bits per heavy atom. The zero-order chi connectivity index (χ0) is 11.3. The lowest BCUT2D eigenvalue weighted by atomic mass is 10.2. The van der Waals surface area contributed by atoms with Gasteiger partial charge in [-0.1, -0.05) is 17.7 Å². The van der Waals surface area contributed by atoms with Crippen molar-refractivity contribution in [1.82, 2.24) is 5.32 Å². The number of carbonyl (C=O) groups is 1. The van der Waals surface area contributed by atoms with Crippen LogP contribution in [0.15, 0.2) is 22.7 Å². The van der Waals surface area contributed by atoms with Gasteiger partial charge in [-0.15, -0.1) is 0 Å². The number of amides is 1. The third-order valence-electron chi connectivity index (χ3n) is 1.79. The minimum Gasteiger partial charge on any atom is -0.383 e. The molecule has 0 heterocycles. The fraction of sp³-hybridized carbons (Fsp3) is 0.300. The van der Waals surface area contributed by atoms with Crippen molar-refractivity contribution in [3.05, 3.63) is 33.3 Å². The first-order valence-corrected chi connectivity index (χ1v) is 5.55. The summed E-state index contributed by atoms with van der Waals surface area (Å²) in [6.45, 7) is 0.970. The van der Waals surface area contributed by atoms with Gasteiger partial charge in [-0.25, -0.2) is 0 Å². The van der Waals surface area contributed by atoms with Crippen molar-refractivity contribution >= 4 is 33.4 Å². The highest BCUT2D eigenvalue weighted by Gasteiger charge is 2.10. The highest BCUT2D eigenvalue weighted by molar-refractivity contribution is 9.10. The maximum absolute atomic E-state index is 11.6. The third kappa shape index (κ3) is 3.48. The van der Waals surface area contributed by atoms with E-state index in [1.54, 1.807) is 25.3 Å². The number of benzene rings is 1. The summed E-state index contributed by atoms with van der Waals surface area (Å²) in [6.07, 6.45) is 0. The van der Waals surface area contributed by atoms with Crippen molar-refractivity contribution in [2.45, 2.75) is 0 Å². The van der Waals surface area contributed by atoms with Gasteiger partial charge in [0.25, 0.3) is 5.91 Å². The summed E-state index contributed by atoms with van der Waals surface area (Å²) in [4.78, 5) is 11.6. The number of methoxy groups -OCH3 is 1. The zero-order valence-corrected chi connectivity index (χ0v) is 10.6. The molecule has 0 saturated carbocycles. The van der Waals surface area contributed by atoms with Crippen molar-refractivity contribution in [2.24, 2.45) is 0 Å². The standard InChI is InChI=1S/C10H11BrClNO2/c1-15-6-5-13-10(14)7-3-2-4-8(12)9(7)11/h2-4H,5-6H2,1H3,(H,13,14). The van der Waals surface area contributed by atoms with Gasteiger partial charge in [-0.2, -0.15) is 0 Å². The molecular weight excluding hydrogens is 281 g/mol. The number of carbonyl (C=O) groups excluding carboxylic acids is 1.